The summed E-state index contributed by atoms with van der Waals surface area (Å²) in [6.07, 6.45) is 2.40. The first kappa shape index (κ1) is 11.3. The van der Waals surface area contributed by atoms with Crippen LogP contribution in [0.1, 0.15) is 12.8 Å². The van der Waals surface area contributed by atoms with Gasteiger partial charge in [-0.05, 0) is 31.0 Å². The first-order valence-electron chi connectivity index (χ1n) is 5.28. The summed E-state index contributed by atoms with van der Waals surface area (Å²) in [5.41, 5.74) is 6.97. The molecule has 5 heteroatoms. The molecular formula is C11H14BrN3O. The van der Waals surface area contributed by atoms with Gasteiger partial charge in [0, 0.05) is 17.6 Å². The Bertz CT molecular complexity index is 402. The number of benzene rings is 1. The standard InChI is InChI=1S/C11H14BrN3O/c12-8-3-4-10(15-5-1-2-6-15)9(7-8)14-11(13)16/h3-4,7H,1-2,5-6H2,(H3,13,14,16). The fourth-order valence-corrected chi connectivity index (χ4v) is 2.34. The zero-order chi connectivity index (χ0) is 11.5. The number of rotatable bonds is 2. The molecule has 0 spiro atoms. The van der Waals surface area contributed by atoms with Crippen LogP contribution in [-0.4, -0.2) is 19.1 Å². The van der Waals surface area contributed by atoms with Gasteiger partial charge in [-0.3, -0.25) is 0 Å². The summed E-state index contributed by atoms with van der Waals surface area (Å²) >= 11 is 3.38. The van der Waals surface area contributed by atoms with E-state index in [1.54, 1.807) is 0 Å². The number of carbonyl (C=O) groups is 1. The van der Waals surface area contributed by atoms with E-state index in [-0.39, 0.29) is 0 Å². The maximum atomic E-state index is 10.9. The number of nitrogens with one attached hydrogen (secondary N) is 1. The van der Waals surface area contributed by atoms with Gasteiger partial charge in [-0.1, -0.05) is 15.9 Å². The monoisotopic (exact) mass is 283 g/mol. The topological polar surface area (TPSA) is 58.4 Å². The highest BCUT2D eigenvalue weighted by molar-refractivity contribution is 9.10. The van der Waals surface area contributed by atoms with E-state index in [0.29, 0.717) is 0 Å². The Morgan fingerprint density at radius 3 is 2.69 bits per heavy atom. The molecule has 1 aliphatic heterocycles. The third kappa shape index (κ3) is 2.47. The van der Waals surface area contributed by atoms with Crippen LogP contribution in [-0.2, 0) is 0 Å². The molecule has 2 amide bonds. The number of hydrogen-bond acceptors (Lipinski definition) is 2. The van der Waals surface area contributed by atoms with Crippen LogP contribution in [0.15, 0.2) is 22.7 Å². The molecule has 0 bridgehead atoms. The Labute approximate surface area is 103 Å². The molecule has 4 nitrogen and oxygen atoms in total. The number of halogens is 1. The Kier molecular flexibility index (Phi) is 3.33. The lowest BCUT2D eigenvalue weighted by atomic mass is 10.2. The average Bonchev–Trinajstić information content (AvgIpc) is 2.69. The van der Waals surface area contributed by atoms with Crippen molar-refractivity contribution in [3.63, 3.8) is 0 Å². The Morgan fingerprint density at radius 1 is 1.38 bits per heavy atom. The van der Waals surface area contributed by atoms with Crippen molar-refractivity contribution in [2.75, 3.05) is 23.3 Å². The first-order valence-corrected chi connectivity index (χ1v) is 6.07. The van der Waals surface area contributed by atoms with E-state index in [2.05, 4.69) is 26.1 Å². The van der Waals surface area contributed by atoms with Gasteiger partial charge in [0.15, 0.2) is 0 Å². The number of hydrogen-bond donors (Lipinski definition) is 2. The van der Waals surface area contributed by atoms with Crippen molar-refractivity contribution in [2.45, 2.75) is 12.8 Å². The summed E-state index contributed by atoms with van der Waals surface area (Å²) in [6.45, 7) is 2.07. The maximum Gasteiger partial charge on any atom is 0.316 e. The molecule has 0 atom stereocenters. The number of primary amides is 1. The Morgan fingerprint density at radius 2 is 2.06 bits per heavy atom. The number of amides is 2. The predicted octanol–water partition coefficient (Wildman–Crippen LogP) is 2.54. The second kappa shape index (κ2) is 4.74. The second-order valence-electron chi connectivity index (χ2n) is 3.84. The molecule has 0 saturated carbocycles. The van der Waals surface area contributed by atoms with Gasteiger partial charge in [-0.25, -0.2) is 4.79 Å². The van der Waals surface area contributed by atoms with Gasteiger partial charge in [0.05, 0.1) is 11.4 Å². The summed E-state index contributed by atoms with van der Waals surface area (Å²) in [5.74, 6) is 0. The third-order valence-corrected chi connectivity index (χ3v) is 3.16. The lowest BCUT2D eigenvalue weighted by Gasteiger charge is -2.21. The second-order valence-corrected chi connectivity index (χ2v) is 4.76. The molecular weight excluding hydrogens is 270 g/mol. The normalized spacial score (nSPS) is 15.2. The van der Waals surface area contributed by atoms with E-state index in [9.17, 15) is 4.79 Å². The lowest BCUT2D eigenvalue weighted by Crippen LogP contribution is -2.23. The molecule has 1 fully saturated rings. The van der Waals surface area contributed by atoms with Crippen LogP contribution in [0, 0.1) is 0 Å². The van der Waals surface area contributed by atoms with Crippen LogP contribution < -0.4 is 16.0 Å². The Balaban J connectivity index is 2.30. The SMILES string of the molecule is NC(=O)Nc1cc(Br)ccc1N1CCCC1. The van der Waals surface area contributed by atoms with Crippen molar-refractivity contribution in [1.82, 2.24) is 0 Å². The number of nitrogens with zero attached hydrogens (tertiary/aromatic N) is 1. The van der Waals surface area contributed by atoms with Gasteiger partial charge >= 0.3 is 6.03 Å². The average molecular weight is 284 g/mol. The minimum absolute atomic E-state index is 0.529. The molecule has 1 heterocycles. The third-order valence-electron chi connectivity index (χ3n) is 2.66. The molecule has 1 aromatic carbocycles. The minimum Gasteiger partial charge on any atom is -0.370 e. The minimum atomic E-state index is -0.529. The van der Waals surface area contributed by atoms with Gasteiger partial charge < -0.3 is 16.0 Å². The zero-order valence-corrected chi connectivity index (χ0v) is 10.5. The van der Waals surface area contributed by atoms with Crippen LogP contribution in [0.4, 0.5) is 16.2 Å². The summed E-state index contributed by atoms with van der Waals surface area (Å²) in [6, 6.07) is 5.32. The maximum absolute atomic E-state index is 10.9. The molecule has 0 aliphatic carbocycles. The molecule has 1 saturated heterocycles. The van der Waals surface area contributed by atoms with Crippen molar-refractivity contribution >= 4 is 33.3 Å². The van der Waals surface area contributed by atoms with E-state index in [1.165, 1.54) is 12.8 Å². The van der Waals surface area contributed by atoms with E-state index < -0.39 is 6.03 Å². The fraction of sp³-hybridized carbons (Fsp3) is 0.364. The molecule has 0 radical (unpaired) electrons. The molecule has 0 aromatic heterocycles. The van der Waals surface area contributed by atoms with Crippen LogP contribution in [0.5, 0.6) is 0 Å². The molecule has 1 aromatic rings. The van der Waals surface area contributed by atoms with Crippen molar-refractivity contribution in [2.24, 2.45) is 5.73 Å². The molecule has 1 aliphatic rings. The van der Waals surface area contributed by atoms with Crippen LogP contribution in [0.25, 0.3) is 0 Å². The molecule has 0 unspecified atom stereocenters. The molecule has 86 valence electrons. The van der Waals surface area contributed by atoms with Crippen molar-refractivity contribution in [3.8, 4) is 0 Å². The lowest BCUT2D eigenvalue weighted by molar-refractivity contribution is 0.259. The smallest absolute Gasteiger partial charge is 0.316 e. The highest BCUT2D eigenvalue weighted by Crippen LogP contribution is 2.31. The highest BCUT2D eigenvalue weighted by atomic mass is 79.9. The molecule has 2 rings (SSSR count). The number of carbonyl (C=O) groups excluding carboxylic acids is 1. The van der Waals surface area contributed by atoms with Crippen LogP contribution in [0.2, 0.25) is 0 Å². The van der Waals surface area contributed by atoms with Gasteiger partial charge in [-0.2, -0.15) is 0 Å². The van der Waals surface area contributed by atoms with Crippen LogP contribution >= 0.6 is 15.9 Å². The van der Waals surface area contributed by atoms with E-state index >= 15 is 0 Å². The fourth-order valence-electron chi connectivity index (χ4n) is 1.97. The van der Waals surface area contributed by atoms with Gasteiger partial charge in [0.2, 0.25) is 0 Å². The first-order chi connectivity index (χ1) is 7.66. The number of nitrogens with two attached hydrogens (primary N) is 1. The van der Waals surface area contributed by atoms with Crippen molar-refractivity contribution in [1.29, 1.82) is 0 Å². The summed E-state index contributed by atoms with van der Waals surface area (Å²) in [4.78, 5) is 13.2. The summed E-state index contributed by atoms with van der Waals surface area (Å²) in [5, 5.41) is 2.66. The van der Waals surface area contributed by atoms with Gasteiger partial charge in [0.25, 0.3) is 0 Å². The van der Waals surface area contributed by atoms with E-state index in [4.69, 9.17) is 5.73 Å². The van der Waals surface area contributed by atoms with Crippen molar-refractivity contribution in [3.05, 3.63) is 22.7 Å². The van der Waals surface area contributed by atoms with Crippen LogP contribution in [0.3, 0.4) is 0 Å². The van der Waals surface area contributed by atoms with Crippen molar-refractivity contribution < 1.29 is 4.79 Å². The largest absolute Gasteiger partial charge is 0.370 e. The quantitative estimate of drug-likeness (QED) is 0.876. The number of anilines is 2. The molecule has 3 N–H and O–H groups in total. The van der Waals surface area contributed by atoms with Gasteiger partial charge in [-0.15, -0.1) is 0 Å². The van der Waals surface area contributed by atoms with E-state index in [1.807, 2.05) is 18.2 Å². The highest BCUT2D eigenvalue weighted by Gasteiger charge is 2.16. The zero-order valence-electron chi connectivity index (χ0n) is 8.87. The summed E-state index contributed by atoms with van der Waals surface area (Å²) in [7, 11) is 0. The predicted molar refractivity (Wildman–Crippen MR) is 68.8 cm³/mol. The number of urea groups is 1. The Hall–Kier alpha value is -1.23. The van der Waals surface area contributed by atoms with E-state index in [0.717, 1.165) is 28.9 Å². The molecule has 16 heavy (non-hydrogen) atoms. The summed E-state index contributed by atoms with van der Waals surface area (Å²) < 4.78 is 0.930. The van der Waals surface area contributed by atoms with Gasteiger partial charge in [0.1, 0.15) is 0 Å².